The number of aromatic nitrogens is 2. The predicted octanol–water partition coefficient (Wildman–Crippen LogP) is 1.89. The van der Waals surface area contributed by atoms with Crippen LogP contribution in [0.25, 0.3) is 0 Å². The van der Waals surface area contributed by atoms with E-state index in [-0.39, 0.29) is 0 Å². The lowest BCUT2D eigenvalue weighted by molar-refractivity contribution is 1.05. The number of nitrogens with one attached hydrogen (secondary N) is 1. The minimum absolute atomic E-state index is 0.465. The predicted molar refractivity (Wildman–Crippen MR) is 48.4 cm³/mol. The van der Waals surface area contributed by atoms with Gasteiger partial charge in [-0.3, -0.25) is 0 Å². The van der Waals surface area contributed by atoms with Gasteiger partial charge >= 0.3 is 0 Å². The zero-order valence-corrected chi connectivity index (χ0v) is 7.83. The number of hydrogen-bond donors (Lipinski definition) is 1. The molecule has 0 saturated carbocycles. The highest BCUT2D eigenvalue weighted by atomic mass is 35.5. The Labute approximate surface area is 74.6 Å². The van der Waals surface area contributed by atoms with Gasteiger partial charge in [0.2, 0.25) is 0 Å². The minimum Gasteiger partial charge on any atom is -0.383 e. The highest BCUT2D eigenvalue weighted by molar-refractivity contribution is 7.98. The van der Waals surface area contributed by atoms with Crippen molar-refractivity contribution in [3.63, 3.8) is 0 Å². The summed E-state index contributed by atoms with van der Waals surface area (Å²) in [5.74, 6) is 0. The van der Waals surface area contributed by atoms with E-state index in [1.807, 2.05) is 6.26 Å². The first-order chi connectivity index (χ1) is 5.29. The molecule has 1 aromatic heterocycles. The van der Waals surface area contributed by atoms with Crippen molar-refractivity contribution in [3.8, 4) is 0 Å². The molecule has 0 amide bonds. The Morgan fingerprint density at radius 2 is 2.27 bits per heavy atom. The third-order valence-corrected chi connectivity index (χ3v) is 2.19. The first-order valence-corrected chi connectivity index (χ1v) is 4.62. The van der Waals surface area contributed by atoms with E-state index in [0.29, 0.717) is 5.15 Å². The molecule has 3 nitrogen and oxygen atoms in total. The van der Waals surface area contributed by atoms with Gasteiger partial charge in [-0.15, -0.1) is 11.8 Å². The van der Waals surface area contributed by atoms with Crippen molar-refractivity contribution in [1.29, 1.82) is 0 Å². The summed E-state index contributed by atoms with van der Waals surface area (Å²) in [5, 5.41) is 4.27. The summed E-state index contributed by atoms with van der Waals surface area (Å²) >= 11 is 7.32. The van der Waals surface area contributed by atoms with E-state index in [4.69, 9.17) is 11.6 Å². The smallest absolute Gasteiger partial charge is 0.156 e. The van der Waals surface area contributed by atoms with Crippen molar-refractivity contribution in [1.82, 2.24) is 9.97 Å². The molecule has 1 rings (SSSR count). The fourth-order valence-electron chi connectivity index (χ4n) is 0.714. The second-order valence-corrected chi connectivity index (χ2v) is 2.95. The number of thioether (sulfide) groups is 1. The molecule has 0 unspecified atom stereocenters. The van der Waals surface area contributed by atoms with Gasteiger partial charge in [0.25, 0.3) is 0 Å². The lowest BCUT2D eigenvalue weighted by Gasteiger charge is -2.04. The molecular formula is C6H8ClN3S. The molecule has 0 aliphatic heterocycles. The van der Waals surface area contributed by atoms with Crippen molar-refractivity contribution in [2.75, 3.05) is 18.6 Å². The number of halogens is 1. The Morgan fingerprint density at radius 1 is 1.55 bits per heavy atom. The van der Waals surface area contributed by atoms with Crippen molar-refractivity contribution in [2.24, 2.45) is 0 Å². The molecule has 1 aromatic rings. The minimum atomic E-state index is 0.465. The zero-order valence-electron chi connectivity index (χ0n) is 6.26. The summed E-state index contributed by atoms with van der Waals surface area (Å²) in [4.78, 5) is 7.87. The molecule has 0 bridgehead atoms. The molecule has 11 heavy (non-hydrogen) atoms. The van der Waals surface area contributed by atoms with E-state index >= 15 is 0 Å². The maximum absolute atomic E-state index is 5.78. The average Bonchev–Trinajstić information content (AvgIpc) is 2.04. The van der Waals surface area contributed by atoms with Gasteiger partial charge in [0, 0.05) is 7.05 Å². The van der Waals surface area contributed by atoms with Crippen LogP contribution in [0.15, 0.2) is 11.4 Å². The first kappa shape index (κ1) is 8.62. The molecule has 0 aliphatic rings. The molecule has 0 aromatic carbocycles. The van der Waals surface area contributed by atoms with Gasteiger partial charge in [-0.25, -0.2) is 9.97 Å². The van der Waals surface area contributed by atoms with Crippen LogP contribution in [0.3, 0.4) is 0 Å². The topological polar surface area (TPSA) is 37.8 Å². The number of rotatable bonds is 2. The Kier molecular flexibility index (Phi) is 2.96. The average molecular weight is 190 g/mol. The molecule has 1 heterocycles. The van der Waals surface area contributed by atoms with Gasteiger partial charge < -0.3 is 5.32 Å². The second kappa shape index (κ2) is 3.78. The molecule has 0 saturated heterocycles. The summed E-state index contributed by atoms with van der Waals surface area (Å²) in [7, 11) is 1.80. The molecule has 1 N–H and O–H groups in total. The first-order valence-electron chi connectivity index (χ1n) is 3.01. The number of nitrogens with zero attached hydrogens (tertiary/aromatic N) is 2. The van der Waals surface area contributed by atoms with Gasteiger partial charge in [0.1, 0.15) is 17.0 Å². The van der Waals surface area contributed by atoms with E-state index in [2.05, 4.69) is 15.3 Å². The molecular weight excluding hydrogens is 182 g/mol. The molecule has 0 spiro atoms. The molecule has 0 aliphatic carbocycles. The van der Waals surface area contributed by atoms with Crippen LogP contribution in [0, 0.1) is 0 Å². The molecule has 5 heteroatoms. The van der Waals surface area contributed by atoms with Gasteiger partial charge in [-0.1, -0.05) is 11.6 Å². The van der Waals surface area contributed by atoms with Crippen LogP contribution in [0.4, 0.5) is 5.69 Å². The van der Waals surface area contributed by atoms with Crippen molar-refractivity contribution in [3.05, 3.63) is 11.5 Å². The highest BCUT2D eigenvalue weighted by Crippen LogP contribution is 2.27. The Balaban J connectivity index is 3.13. The van der Waals surface area contributed by atoms with Crippen LogP contribution >= 0.6 is 23.4 Å². The van der Waals surface area contributed by atoms with Gasteiger partial charge in [-0.05, 0) is 6.26 Å². The van der Waals surface area contributed by atoms with E-state index < -0.39 is 0 Å². The lowest BCUT2D eigenvalue weighted by Crippen LogP contribution is -1.95. The number of hydrogen-bond acceptors (Lipinski definition) is 4. The molecule has 0 fully saturated rings. The number of anilines is 1. The molecule has 0 radical (unpaired) electrons. The van der Waals surface area contributed by atoms with Crippen LogP contribution < -0.4 is 5.32 Å². The SMILES string of the molecule is CNc1c(Cl)ncnc1SC. The zero-order chi connectivity index (χ0) is 8.27. The largest absolute Gasteiger partial charge is 0.383 e. The van der Waals surface area contributed by atoms with E-state index in [9.17, 15) is 0 Å². The van der Waals surface area contributed by atoms with E-state index in [0.717, 1.165) is 10.7 Å². The third-order valence-electron chi connectivity index (χ3n) is 1.21. The summed E-state index contributed by atoms with van der Waals surface area (Å²) in [5.41, 5.74) is 0.793. The van der Waals surface area contributed by atoms with Gasteiger partial charge in [-0.2, -0.15) is 0 Å². The van der Waals surface area contributed by atoms with E-state index in [1.54, 1.807) is 7.05 Å². The quantitative estimate of drug-likeness (QED) is 0.570. The Morgan fingerprint density at radius 3 is 2.73 bits per heavy atom. The van der Waals surface area contributed by atoms with Gasteiger partial charge in [0.05, 0.1) is 0 Å². The molecule has 0 atom stereocenters. The maximum Gasteiger partial charge on any atom is 0.156 e. The summed E-state index contributed by atoms with van der Waals surface area (Å²) in [6.45, 7) is 0. The highest BCUT2D eigenvalue weighted by Gasteiger charge is 2.05. The van der Waals surface area contributed by atoms with Crippen LogP contribution in [-0.2, 0) is 0 Å². The fraction of sp³-hybridized carbons (Fsp3) is 0.333. The maximum atomic E-state index is 5.78. The summed E-state index contributed by atoms with van der Waals surface area (Å²) in [6, 6.07) is 0. The lowest BCUT2D eigenvalue weighted by atomic mass is 10.5. The van der Waals surface area contributed by atoms with Crippen molar-refractivity contribution < 1.29 is 0 Å². The Bertz CT molecular complexity index is 254. The van der Waals surface area contributed by atoms with Crippen LogP contribution in [-0.4, -0.2) is 23.3 Å². The van der Waals surface area contributed by atoms with E-state index in [1.165, 1.54) is 18.1 Å². The van der Waals surface area contributed by atoms with Crippen LogP contribution in [0.1, 0.15) is 0 Å². The summed E-state index contributed by atoms with van der Waals surface area (Å²) in [6.07, 6.45) is 3.40. The van der Waals surface area contributed by atoms with Crippen molar-refractivity contribution in [2.45, 2.75) is 5.03 Å². The standard InChI is InChI=1S/C6H8ClN3S/c1-8-4-5(7)9-3-10-6(4)11-2/h3,8H,1-2H3. The van der Waals surface area contributed by atoms with Gasteiger partial charge in [0.15, 0.2) is 5.15 Å². The molecule has 60 valence electrons. The van der Waals surface area contributed by atoms with Crippen LogP contribution in [0.5, 0.6) is 0 Å². The Hall–Kier alpha value is -0.480. The van der Waals surface area contributed by atoms with Crippen LogP contribution in [0.2, 0.25) is 5.15 Å². The fourth-order valence-corrected chi connectivity index (χ4v) is 1.55. The van der Waals surface area contributed by atoms with Crippen molar-refractivity contribution >= 4 is 29.1 Å². The second-order valence-electron chi connectivity index (χ2n) is 1.80. The monoisotopic (exact) mass is 189 g/mol. The summed E-state index contributed by atoms with van der Waals surface area (Å²) < 4.78 is 0. The normalized spacial score (nSPS) is 9.73. The third kappa shape index (κ3) is 1.75.